The van der Waals surface area contributed by atoms with Crippen molar-refractivity contribution in [3.05, 3.63) is 71.8 Å². The summed E-state index contributed by atoms with van der Waals surface area (Å²) >= 11 is 0. The number of amides is 1. The van der Waals surface area contributed by atoms with E-state index in [4.69, 9.17) is 0 Å². The lowest BCUT2D eigenvalue weighted by Gasteiger charge is -2.16. The van der Waals surface area contributed by atoms with Crippen LogP contribution in [-0.2, 0) is 11.2 Å². The molecule has 0 saturated carbocycles. The number of anilines is 2. The maximum atomic E-state index is 13.3. The fourth-order valence-electron chi connectivity index (χ4n) is 2.83. The molecule has 0 aromatic heterocycles. The predicted molar refractivity (Wildman–Crippen MR) is 86.3 cm³/mol. The van der Waals surface area contributed by atoms with Crippen molar-refractivity contribution in [2.75, 3.05) is 10.6 Å². The number of carbonyl (C=O) groups excluding carboxylic acids is 1. The highest BCUT2D eigenvalue weighted by Crippen LogP contribution is 2.35. The van der Waals surface area contributed by atoms with Gasteiger partial charge in [-0.3, -0.25) is 4.79 Å². The summed E-state index contributed by atoms with van der Waals surface area (Å²) in [6, 6.07) is 9.54. The van der Waals surface area contributed by atoms with Crippen LogP contribution in [0.5, 0.6) is 0 Å². The van der Waals surface area contributed by atoms with E-state index < -0.39 is 11.6 Å². The number of hydrogen-bond acceptors (Lipinski definition) is 2. The summed E-state index contributed by atoms with van der Waals surface area (Å²) in [5, 5.41) is 5.96. The fraction of sp³-hybridized carbons (Fsp3) is 0.167. The van der Waals surface area contributed by atoms with Crippen LogP contribution in [-0.4, -0.2) is 5.91 Å². The Morgan fingerprint density at radius 1 is 1.13 bits per heavy atom. The van der Waals surface area contributed by atoms with E-state index in [1.807, 2.05) is 18.2 Å². The lowest BCUT2D eigenvalue weighted by atomic mass is 10.1. The van der Waals surface area contributed by atoms with Crippen LogP contribution in [0, 0.1) is 11.6 Å². The molecule has 2 aromatic carbocycles. The van der Waals surface area contributed by atoms with Crippen molar-refractivity contribution in [3.8, 4) is 0 Å². The molecule has 3 nitrogen and oxygen atoms in total. The van der Waals surface area contributed by atoms with E-state index in [0.29, 0.717) is 5.69 Å². The number of halogens is 2. The van der Waals surface area contributed by atoms with E-state index in [1.165, 1.54) is 12.1 Å². The highest BCUT2D eigenvalue weighted by molar-refractivity contribution is 5.98. The largest absolute Gasteiger partial charge is 0.378 e. The van der Waals surface area contributed by atoms with Crippen LogP contribution in [0.2, 0.25) is 0 Å². The van der Waals surface area contributed by atoms with Crippen LogP contribution < -0.4 is 10.6 Å². The summed E-state index contributed by atoms with van der Waals surface area (Å²) in [5.74, 6) is -1.97. The van der Waals surface area contributed by atoms with Crippen molar-refractivity contribution in [3.63, 3.8) is 0 Å². The average molecular weight is 314 g/mol. The minimum atomic E-state index is -0.865. The van der Waals surface area contributed by atoms with E-state index in [1.54, 1.807) is 0 Å². The Balaban J connectivity index is 1.77. The molecule has 0 heterocycles. The normalized spacial score (nSPS) is 15.8. The Morgan fingerprint density at radius 2 is 1.91 bits per heavy atom. The van der Waals surface area contributed by atoms with Crippen LogP contribution in [0.1, 0.15) is 23.6 Å². The third kappa shape index (κ3) is 3.23. The lowest BCUT2D eigenvalue weighted by Crippen LogP contribution is -2.09. The molecule has 118 valence electrons. The second kappa shape index (κ2) is 6.20. The predicted octanol–water partition coefficient (Wildman–Crippen LogP) is 4.19. The molecule has 3 rings (SSSR count). The summed E-state index contributed by atoms with van der Waals surface area (Å²) in [6.45, 7) is 3.42. The van der Waals surface area contributed by atoms with Crippen LogP contribution in [0.15, 0.2) is 49.1 Å². The topological polar surface area (TPSA) is 41.1 Å². The van der Waals surface area contributed by atoms with Crippen molar-refractivity contribution in [1.82, 2.24) is 0 Å². The highest BCUT2D eigenvalue weighted by Gasteiger charge is 2.23. The SMILES string of the molecule is C=CC(=O)Nc1ccc2c(c1)CCC2Nc1ccc(F)c(F)c1. The number of aryl methyl sites for hydroxylation is 1. The van der Waals surface area contributed by atoms with Crippen molar-refractivity contribution < 1.29 is 13.6 Å². The molecule has 0 saturated heterocycles. The molecule has 1 atom stereocenters. The van der Waals surface area contributed by atoms with Gasteiger partial charge in [0.25, 0.3) is 0 Å². The molecule has 0 fully saturated rings. The van der Waals surface area contributed by atoms with Crippen LogP contribution >= 0.6 is 0 Å². The quantitative estimate of drug-likeness (QED) is 0.831. The highest BCUT2D eigenvalue weighted by atomic mass is 19.2. The molecule has 23 heavy (non-hydrogen) atoms. The molecule has 5 heteroatoms. The van der Waals surface area contributed by atoms with E-state index in [-0.39, 0.29) is 11.9 Å². The van der Waals surface area contributed by atoms with Gasteiger partial charge >= 0.3 is 0 Å². The molecule has 1 amide bonds. The summed E-state index contributed by atoms with van der Waals surface area (Å²) in [7, 11) is 0. The van der Waals surface area contributed by atoms with E-state index in [0.717, 1.165) is 41.8 Å². The smallest absolute Gasteiger partial charge is 0.247 e. The number of fused-ring (bicyclic) bond motifs is 1. The monoisotopic (exact) mass is 314 g/mol. The van der Waals surface area contributed by atoms with E-state index in [2.05, 4.69) is 17.2 Å². The van der Waals surface area contributed by atoms with Gasteiger partial charge in [-0.25, -0.2) is 8.78 Å². The number of rotatable bonds is 4. The van der Waals surface area contributed by atoms with Crippen molar-refractivity contribution in [2.24, 2.45) is 0 Å². The third-order valence-electron chi connectivity index (χ3n) is 3.93. The van der Waals surface area contributed by atoms with Crippen LogP contribution in [0.3, 0.4) is 0 Å². The Hall–Kier alpha value is -2.69. The second-order valence-corrected chi connectivity index (χ2v) is 5.47. The Labute approximate surface area is 133 Å². The van der Waals surface area contributed by atoms with Gasteiger partial charge in [-0.2, -0.15) is 0 Å². The molecule has 2 aromatic rings. The minimum absolute atomic E-state index is 0.0408. The zero-order valence-corrected chi connectivity index (χ0v) is 12.4. The Kier molecular flexibility index (Phi) is 4.10. The van der Waals surface area contributed by atoms with Gasteiger partial charge in [-0.1, -0.05) is 12.6 Å². The van der Waals surface area contributed by atoms with Crippen LogP contribution in [0.25, 0.3) is 0 Å². The first-order chi connectivity index (χ1) is 11.1. The molecule has 1 aliphatic carbocycles. The zero-order valence-electron chi connectivity index (χ0n) is 12.4. The zero-order chi connectivity index (χ0) is 16.4. The molecule has 0 aliphatic heterocycles. The molecule has 0 radical (unpaired) electrons. The summed E-state index contributed by atoms with van der Waals surface area (Å²) in [5.41, 5.74) is 3.51. The molecule has 0 bridgehead atoms. The molecular weight excluding hydrogens is 298 g/mol. The first kappa shape index (κ1) is 15.2. The number of hydrogen-bond donors (Lipinski definition) is 2. The second-order valence-electron chi connectivity index (χ2n) is 5.47. The van der Waals surface area contributed by atoms with Gasteiger partial charge in [0.1, 0.15) is 0 Å². The first-order valence-electron chi connectivity index (χ1n) is 7.34. The molecular formula is C18H16F2N2O. The Morgan fingerprint density at radius 3 is 2.65 bits per heavy atom. The number of benzene rings is 2. The Bertz CT molecular complexity index is 774. The van der Waals surface area contributed by atoms with Gasteiger partial charge in [0, 0.05) is 17.4 Å². The van der Waals surface area contributed by atoms with Crippen LogP contribution in [0.4, 0.5) is 20.2 Å². The van der Waals surface area contributed by atoms with Crippen molar-refractivity contribution >= 4 is 17.3 Å². The summed E-state index contributed by atoms with van der Waals surface area (Å²) in [6.07, 6.45) is 2.93. The van der Waals surface area contributed by atoms with Crippen molar-refractivity contribution in [1.29, 1.82) is 0 Å². The molecule has 1 aliphatic rings. The maximum absolute atomic E-state index is 13.3. The van der Waals surface area contributed by atoms with E-state index in [9.17, 15) is 13.6 Å². The first-order valence-corrected chi connectivity index (χ1v) is 7.34. The summed E-state index contributed by atoms with van der Waals surface area (Å²) in [4.78, 5) is 11.3. The number of nitrogens with one attached hydrogen (secondary N) is 2. The molecule has 0 spiro atoms. The van der Waals surface area contributed by atoms with Gasteiger partial charge in [-0.05, 0) is 54.3 Å². The molecule has 2 N–H and O–H groups in total. The van der Waals surface area contributed by atoms with E-state index >= 15 is 0 Å². The fourth-order valence-corrected chi connectivity index (χ4v) is 2.83. The van der Waals surface area contributed by atoms with Gasteiger partial charge < -0.3 is 10.6 Å². The van der Waals surface area contributed by atoms with Gasteiger partial charge in [0.05, 0.1) is 6.04 Å². The van der Waals surface area contributed by atoms with Gasteiger partial charge in [0.2, 0.25) is 5.91 Å². The summed E-state index contributed by atoms with van der Waals surface area (Å²) < 4.78 is 26.3. The maximum Gasteiger partial charge on any atom is 0.247 e. The average Bonchev–Trinajstić information content (AvgIpc) is 2.93. The number of carbonyl (C=O) groups is 1. The van der Waals surface area contributed by atoms with Gasteiger partial charge in [0.15, 0.2) is 11.6 Å². The minimum Gasteiger partial charge on any atom is -0.378 e. The third-order valence-corrected chi connectivity index (χ3v) is 3.93. The van der Waals surface area contributed by atoms with Gasteiger partial charge in [-0.15, -0.1) is 0 Å². The van der Waals surface area contributed by atoms with Crippen molar-refractivity contribution in [2.45, 2.75) is 18.9 Å². The standard InChI is InChI=1S/C18H16F2N2O/c1-2-18(23)22-12-4-6-14-11(9-12)3-8-17(14)21-13-5-7-15(19)16(20)10-13/h2,4-7,9-10,17,21H,1,3,8H2,(H,22,23). The lowest BCUT2D eigenvalue weighted by molar-refractivity contribution is -0.111. The molecule has 1 unspecified atom stereocenters.